The summed E-state index contributed by atoms with van der Waals surface area (Å²) in [6, 6.07) is 0. The van der Waals surface area contributed by atoms with Crippen molar-refractivity contribution in [3.05, 3.63) is 23.3 Å². The Morgan fingerprint density at radius 2 is 2.09 bits per heavy atom. The minimum Gasteiger partial charge on any atom is -0.347 e. The Kier molecular flexibility index (Phi) is 8.05. The number of rotatable bonds is 4. The van der Waals surface area contributed by atoms with Gasteiger partial charge in [0.15, 0.2) is 11.0 Å². The number of nitrogens with two attached hydrogens (primary N) is 1. The standard InChI is InChI=1S/C12H18N6OS.2ClH/c13-8-11-15-10(16-19-11)9-17-3-1-4-18(6-5-17)12-14-2-7-20-12;;/h2,7H,1,3-6,8-9,13H2;2*1H. The summed E-state index contributed by atoms with van der Waals surface area (Å²) in [5, 5.41) is 7.08. The van der Waals surface area contributed by atoms with Crippen LogP contribution < -0.4 is 10.6 Å². The minimum absolute atomic E-state index is 0. The summed E-state index contributed by atoms with van der Waals surface area (Å²) in [6.07, 6.45) is 2.97. The molecule has 0 spiro atoms. The molecule has 0 atom stereocenters. The molecule has 1 aliphatic rings. The van der Waals surface area contributed by atoms with Crippen molar-refractivity contribution in [2.45, 2.75) is 19.5 Å². The molecular weight excluding hydrogens is 347 g/mol. The van der Waals surface area contributed by atoms with Gasteiger partial charge in [0, 0.05) is 37.8 Å². The second-order valence-corrected chi connectivity index (χ2v) is 5.61. The van der Waals surface area contributed by atoms with E-state index in [0.717, 1.165) is 44.3 Å². The lowest BCUT2D eigenvalue weighted by molar-refractivity contribution is 0.271. The third-order valence-electron chi connectivity index (χ3n) is 3.33. The van der Waals surface area contributed by atoms with Gasteiger partial charge < -0.3 is 15.2 Å². The maximum absolute atomic E-state index is 5.47. The van der Waals surface area contributed by atoms with Crippen LogP contribution in [-0.4, -0.2) is 46.2 Å². The Labute approximate surface area is 145 Å². The number of thiazole rings is 1. The van der Waals surface area contributed by atoms with Gasteiger partial charge in [-0.3, -0.25) is 4.90 Å². The largest absolute Gasteiger partial charge is 0.347 e. The van der Waals surface area contributed by atoms with Gasteiger partial charge in [-0.05, 0) is 6.42 Å². The lowest BCUT2D eigenvalue weighted by Crippen LogP contribution is -2.30. The van der Waals surface area contributed by atoms with Crippen LogP contribution in [-0.2, 0) is 13.1 Å². The van der Waals surface area contributed by atoms with Crippen LogP contribution in [0.25, 0.3) is 0 Å². The molecule has 0 radical (unpaired) electrons. The Morgan fingerprint density at radius 1 is 1.23 bits per heavy atom. The van der Waals surface area contributed by atoms with Crippen LogP contribution >= 0.6 is 36.2 Å². The van der Waals surface area contributed by atoms with Crippen molar-refractivity contribution in [1.29, 1.82) is 0 Å². The number of hydrogen-bond donors (Lipinski definition) is 1. The van der Waals surface area contributed by atoms with E-state index in [1.165, 1.54) is 0 Å². The minimum atomic E-state index is 0. The average Bonchev–Trinajstić information content (AvgIpc) is 3.09. The summed E-state index contributed by atoms with van der Waals surface area (Å²) in [7, 11) is 0. The van der Waals surface area contributed by atoms with Crippen molar-refractivity contribution >= 4 is 41.3 Å². The molecule has 0 amide bonds. The normalized spacial score (nSPS) is 15.8. The van der Waals surface area contributed by atoms with Gasteiger partial charge in [-0.15, -0.1) is 36.2 Å². The van der Waals surface area contributed by atoms with Gasteiger partial charge in [0.2, 0.25) is 5.89 Å². The summed E-state index contributed by atoms with van der Waals surface area (Å²) < 4.78 is 5.04. The van der Waals surface area contributed by atoms with Crippen LogP contribution in [0.3, 0.4) is 0 Å². The van der Waals surface area contributed by atoms with E-state index in [4.69, 9.17) is 10.3 Å². The van der Waals surface area contributed by atoms with Gasteiger partial charge in [-0.2, -0.15) is 4.98 Å². The Hall–Kier alpha value is -0.930. The van der Waals surface area contributed by atoms with Crippen molar-refractivity contribution in [3.8, 4) is 0 Å². The number of aromatic nitrogens is 3. The van der Waals surface area contributed by atoms with E-state index in [9.17, 15) is 0 Å². The zero-order valence-corrected chi connectivity index (χ0v) is 14.5. The smallest absolute Gasteiger partial charge is 0.240 e. The Balaban J connectivity index is 0.00000121. The number of anilines is 1. The Bertz CT molecular complexity index is 537. The summed E-state index contributed by atoms with van der Waals surface area (Å²) in [4.78, 5) is 13.3. The van der Waals surface area contributed by atoms with E-state index in [0.29, 0.717) is 18.3 Å². The first-order valence-corrected chi connectivity index (χ1v) is 7.61. The quantitative estimate of drug-likeness (QED) is 0.878. The third kappa shape index (κ3) is 4.79. The van der Waals surface area contributed by atoms with Crippen molar-refractivity contribution in [2.24, 2.45) is 5.73 Å². The van der Waals surface area contributed by atoms with Crippen LogP contribution in [0.4, 0.5) is 5.13 Å². The molecule has 22 heavy (non-hydrogen) atoms. The molecule has 3 rings (SSSR count). The van der Waals surface area contributed by atoms with E-state index in [1.807, 2.05) is 11.6 Å². The van der Waals surface area contributed by atoms with Crippen LogP contribution in [0.2, 0.25) is 0 Å². The predicted octanol–water partition coefficient (Wildman–Crippen LogP) is 1.54. The molecule has 2 N–H and O–H groups in total. The summed E-state index contributed by atoms with van der Waals surface area (Å²) in [5.74, 6) is 1.22. The molecule has 1 saturated heterocycles. The molecule has 7 nitrogen and oxygen atoms in total. The van der Waals surface area contributed by atoms with E-state index in [1.54, 1.807) is 11.3 Å². The predicted molar refractivity (Wildman–Crippen MR) is 90.9 cm³/mol. The second kappa shape index (κ2) is 9.26. The van der Waals surface area contributed by atoms with Gasteiger partial charge in [0.1, 0.15) is 0 Å². The second-order valence-electron chi connectivity index (χ2n) is 4.74. The lowest BCUT2D eigenvalue weighted by atomic mass is 10.4. The molecule has 3 heterocycles. The summed E-state index contributed by atoms with van der Waals surface area (Å²) in [5.41, 5.74) is 5.47. The first-order valence-electron chi connectivity index (χ1n) is 6.73. The van der Waals surface area contributed by atoms with Crippen molar-refractivity contribution in [1.82, 2.24) is 20.0 Å². The molecule has 1 fully saturated rings. The zero-order valence-electron chi connectivity index (χ0n) is 12.1. The highest BCUT2D eigenvalue weighted by Gasteiger charge is 2.18. The highest BCUT2D eigenvalue weighted by Crippen LogP contribution is 2.19. The van der Waals surface area contributed by atoms with E-state index in [2.05, 4.69) is 24.9 Å². The van der Waals surface area contributed by atoms with E-state index >= 15 is 0 Å². The molecule has 0 unspecified atom stereocenters. The monoisotopic (exact) mass is 366 g/mol. The van der Waals surface area contributed by atoms with E-state index in [-0.39, 0.29) is 24.8 Å². The average molecular weight is 367 g/mol. The topological polar surface area (TPSA) is 84.3 Å². The molecule has 0 bridgehead atoms. The zero-order chi connectivity index (χ0) is 13.8. The molecule has 0 aromatic carbocycles. The molecule has 10 heteroatoms. The van der Waals surface area contributed by atoms with Gasteiger partial charge in [0.25, 0.3) is 0 Å². The molecule has 124 valence electrons. The third-order valence-corrected chi connectivity index (χ3v) is 4.16. The van der Waals surface area contributed by atoms with E-state index < -0.39 is 0 Å². The van der Waals surface area contributed by atoms with Crippen LogP contribution in [0.5, 0.6) is 0 Å². The molecule has 0 aliphatic carbocycles. The summed E-state index contributed by atoms with van der Waals surface area (Å²) >= 11 is 1.69. The first-order chi connectivity index (χ1) is 9.85. The maximum Gasteiger partial charge on any atom is 0.240 e. The van der Waals surface area contributed by atoms with Gasteiger partial charge in [-0.1, -0.05) is 5.16 Å². The van der Waals surface area contributed by atoms with Crippen molar-refractivity contribution in [3.63, 3.8) is 0 Å². The number of halogens is 2. The fraction of sp³-hybridized carbons (Fsp3) is 0.583. The highest BCUT2D eigenvalue weighted by atomic mass is 35.5. The summed E-state index contributed by atoms with van der Waals surface area (Å²) in [6.45, 7) is 5.06. The Morgan fingerprint density at radius 3 is 2.77 bits per heavy atom. The fourth-order valence-electron chi connectivity index (χ4n) is 2.33. The van der Waals surface area contributed by atoms with Gasteiger partial charge in [0.05, 0.1) is 13.1 Å². The lowest BCUT2D eigenvalue weighted by Gasteiger charge is -2.20. The number of nitrogens with zero attached hydrogens (tertiary/aromatic N) is 5. The molecule has 0 saturated carbocycles. The molecule has 1 aliphatic heterocycles. The fourth-order valence-corrected chi connectivity index (χ4v) is 3.03. The SMILES string of the molecule is Cl.Cl.NCc1nc(CN2CCCN(c3nccs3)CC2)no1. The van der Waals surface area contributed by atoms with Crippen LogP contribution in [0.15, 0.2) is 16.1 Å². The highest BCUT2D eigenvalue weighted by molar-refractivity contribution is 7.13. The van der Waals surface area contributed by atoms with Crippen molar-refractivity contribution in [2.75, 3.05) is 31.1 Å². The van der Waals surface area contributed by atoms with Gasteiger partial charge >= 0.3 is 0 Å². The molecule has 2 aromatic rings. The molecular formula is C12H20Cl2N6OS. The van der Waals surface area contributed by atoms with Gasteiger partial charge in [-0.25, -0.2) is 4.98 Å². The van der Waals surface area contributed by atoms with Crippen LogP contribution in [0, 0.1) is 0 Å². The molecule has 2 aromatic heterocycles. The first kappa shape index (κ1) is 19.1. The van der Waals surface area contributed by atoms with Crippen LogP contribution in [0.1, 0.15) is 18.1 Å². The van der Waals surface area contributed by atoms with Crippen molar-refractivity contribution < 1.29 is 4.52 Å². The maximum atomic E-state index is 5.47. The number of hydrogen-bond acceptors (Lipinski definition) is 8.